The number of likely N-dealkylation sites (tertiary alicyclic amines) is 1. The van der Waals surface area contributed by atoms with Gasteiger partial charge in [0.05, 0.1) is 5.69 Å². The number of nitrogens with one attached hydrogen (secondary N) is 1. The maximum Gasteiger partial charge on any atom is 0.254 e. The number of benzene rings is 1. The molecule has 0 aliphatic carbocycles. The van der Waals surface area contributed by atoms with Gasteiger partial charge in [-0.05, 0) is 49.9 Å². The highest BCUT2D eigenvalue weighted by molar-refractivity contribution is 5.95. The molecule has 138 valence electrons. The number of anilines is 2. The predicted octanol–water partition coefficient (Wildman–Crippen LogP) is 4.65. The van der Waals surface area contributed by atoms with Crippen molar-refractivity contribution in [1.82, 2.24) is 9.88 Å². The van der Waals surface area contributed by atoms with Gasteiger partial charge in [0.15, 0.2) is 17.5 Å². The monoisotopic (exact) mass is 363 g/mol. The molecule has 1 amide bonds. The van der Waals surface area contributed by atoms with Crippen molar-refractivity contribution < 1.29 is 18.0 Å². The first-order valence-corrected chi connectivity index (χ1v) is 8.68. The van der Waals surface area contributed by atoms with Crippen LogP contribution in [0.3, 0.4) is 0 Å². The fourth-order valence-electron chi connectivity index (χ4n) is 3.25. The predicted molar refractivity (Wildman–Crippen MR) is 92.8 cm³/mol. The van der Waals surface area contributed by atoms with Gasteiger partial charge in [0.25, 0.3) is 5.91 Å². The molecule has 1 aromatic heterocycles. The standard InChI is InChI=1S/C19H20F3N3O/c1-2-13-5-3-4-10-25(13)19(26)12-8-9-23-16(11-12)24-15-7-6-14(20)17(21)18(15)22/h6-9,11,13H,2-5,10H2,1H3,(H,23,24). The Balaban J connectivity index is 1.82. The van der Waals surface area contributed by atoms with Gasteiger partial charge in [0.1, 0.15) is 5.82 Å². The molecule has 2 heterocycles. The van der Waals surface area contributed by atoms with Gasteiger partial charge < -0.3 is 10.2 Å². The smallest absolute Gasteiger partial charge is 0.254 e. The van der Waals surface area contributed by atoms with Crippen LogP contribution in [0.4, 0.5) is 24.7 Å². The van der Waals surface area contributed by atoms with Gasteiger partial charge in [0.2, 0.25) is 0 Å². The number of amides is 1. The van der Waals surface area contributed by atoms with Crippen LogP contribution in [0.15, 0.2) is 30.5 Å². The lowest BCUT2D eigenvalue weighted by molar-refractivity contribution is 0.0608. The van der Waals surface area contributed by atoms with Crippen LogP contribution in [0, 0.1) is 17.5 Å². The van der Waals surface area contributed by atoms with E-state index in [-0.39, 0.29) is 23.5 Å². The number of piperidine rings is 1. The number of pyridine rings is 1. The lowest BCUT2D eigenvalue weighted by Gasteiger charge is -2.35. The van der Waals surface area contributed by atoms with Crippen molar-refractivity contribution in [2.75, 3.05) is 11.9 Å². The third kappa shape index (κ3) is 3.66. The maximum absolute atomic E-state index is 13.8. The Bertz CT molecular complexity index is 813. The minimum atomic E-state index is -1.55. The highest BCUT2D eigenvalue weighted by Gasteiger charge is 2.26. The zero-order valence-electron chi connectivity index (χ0n) is 14.4. The molecule has 1 saturated heterocycles. The van der Waals surface area contributed by atoms with E-state index in [1.54, 1.807) is 6.07 Å². The fraction of sp³-hybridized carbons (Fsp3) is 0.368. The summed E-state index contributed by atoms with van der Waals surface area (Å²) in [5.74, 6) is -4.06. The zero-order valence-corrected chi connectivity index (χ0v) is 14.4. The molecule has 1 N–H and O–H groups in total. The summed E-state index contributed by atoms with van der Waals surface area (Å²) in [4.78, 5) is 18.7. The SMILES string of the molecule is CCC1CCCCN1C(=O)c1ccnc(Nc2ccc(F)c(F)c2F)c1. The quantitative estimate of drug-likeness (QED) is 0.805. The molecular formula is C19H20F3N3O. The van der Waals surface area contributed by atoms with Gasteiger partial charge in [0, 0.05) is 24.3 Å². The van der Waals surface area contributed by atoms with E-state index in [1.165, 1.54) is 12.3 Å². The van der Waals surface area contributed by atoms with Crippen LogP contribution in [0.1, 0.15) is 43.0 Å². The number of nitrogens with zero attached hydrogens (tertiary/aromatic N) is 2. The molecular weight excluding hydrogens is 343 g/mol. The van der Waals surface area contributed by atoms with Gasteiger partial charge in [-0.15, -0.1) is 0 Å². The van der Waals surface area contributed by atoms with Gasteiger partial charge in [-0.1, -0.05) is 6.92 Å². The summed E-state index contributed by atoms with van der Waals surface area (Å²) in [6, 6.07) is 5.21. The number of aromatic nitrogens is 1. The maximum atomic E-state index is 13.8. The Labute approximate surface area is 150 Å². The fourth-order valence-corrected chi connectivity index (χ4v) is 3.25. The average Bonchev–Trinajstić information content (AvgIpc) is 2.68. The number of hydrogen-bond donors (Lipinski definition) is 1. The molecule has 1 aliphatic rings. The van der Waals surface area contributed by atoms with Crippen LogP contribution in [0.25, 0.3) is 0 Å². The van der Waals surface area contributed by atoms with E-state index in [1.807, 2.05) is 4.90 Å². The minimum absolute atomic E-state index is 0.104. The average molecular weight is 363 g/mol. The molecule has 0 bridgehead atoms. The van der Waals surface area contributed by atoms with Crippen molar-refractivity contribution in [3.8, 4) is 0 Å². The summed E-state index contributed by atoms with van der Waals surface area (Å²) in [6.07, 6.45) is 5.39. The van der Waals surface area contributed by atoms with E-state index in [4.69, 9.17) is 0 Å². The molecule has 1 aliphatic heterocycles. The summed E-state index contributed by atoms with van der Waals surface area (Å²) < 4.78 is 40.2. The van der Waals surface area contributed by atoms with E-state index in [0.29, 0.717) is 12.1 Å². The Morgan fingerprint density at radius 3 is 2.81 bits per heavy atom. The minimum Gasteiger partial charge on any atom is -0.338 e. The number of rotatable bonds is 4. The summed E-state index contributed by atoms with van der Waals surface area (Å²) in [6.45, 7) is 2.77. The molecule has 26 heavy (non-hydrogen) atoms. The molecule has 1 unspecified atom stereocenters. The van der Waals surface area contributed by atoms with Crippen molar-refractivity contribution >= 4 is 17.4 Å². The Morgan fingerprint density at radius 1 is 1.23 bits per heavy atom. The molecule has 1 aromatic carbocycles. The van der Waals surface area contributed by atoms with Crippen molar-refractivity contribution in [1.29, 1.82) is 0 Å². The van der Waals surface area contributed by atoms with E-state index < -0.39 is 17.5 Å². The molecule has 1 atom stereocenters. The van der Waals surface area contributed by atoms with Crippen LogP contribution < -0.4 is 5.32 Å². The van der Waals surface area contributed by atoms with Gasteiger partial charge >= 0.3 is 0 Å². The van der Waals surface area contributed by atoms with Gasteiger partial charge in [-0.3, -0.25) is 4.79 Å². The molecule has 3 rings (SSSR count). The van der Waals surface area contributed by atoms with Gasteiger partial charge in [-0.25, -0.2) is 18.2 Å². The largest absolute Gasteiger partial charge is 0.338 e. The molecule has 2 aromatic rings. The number of carbonyl (C=O) groups is 1. The Hall–Kier alpha value is -2.57. The van der Waals surface area contributed by atoms with E-state index in [2.05, 4.69) is 17.2 Å². The first-order chi connectivity index (χ1) is 12.5. The zero-order chi connectivity index (χ0) is 18.7. The topological polar surface area (TPSA) is 45.2 Å². The van der Waals surface area contributed by atoms with Crippen LogP contribution in [0.5, 0.6) is 0 Å². The highest BCUT2D eigenvalue weighted by Crippen LogP contribution is 2.25. The molecule has 1 fully saturated rings. The summed E-state index contributed by atoms with van der Waals surface area (Å²) in [5, 5.41) is 2.60. The number of carbonyl (C=O) groups excluding carboxylic acids is 1. The summed E-state index contributed by atoms with van der Waals surface area (Å²) in [7, 11) is 0. The third-order valence-corrected chi connectivity index (χ3v) is 4.66. The lowest BCUT2D eigenvalue weighted by Crippen LogP contribution is -2.43. The molecule has 0 radical (unpaired) electrons. The second-order valence-electron chi connectivity index (χ2n) is 6.33. The van der Waals surface area contributed by atoms with E-state index in [9.17, 15) is 18.0 Å². The van der Waals surface area contributed by atoms with E-state index in [0.717, 1.165) is 37.8 Å². The van der Waals surface area contributed by atoms with Crippen LogP contribution in [-0.2, 0) is 0 Å². The van der Waals surface area contributed by atoms with Crippen molar-refractivity contribution in [2.24, 2.45) is 0 Å². The second kappa shape index (κ2) is 7.76. The van der Waals surface area contributed by atoms with E-state index >= 15 is 0 Å². The first kappa shape index (κ1) is 18.2. The van der Waals surface area contributed by atoms with Crippen LogP contribution in [0.2, 0.25) is 0 Å². The molecule has 7 heteroatoms. The van der Waals surface area contributed by atoms with Crippen LogP contribution >= 0.6 is 0 Å². The number of halogens is 3. The molecule has 0 spiro atoms. The lowest BCUT2D eigenvalue weighted by atomic mass is 9.99. The second-order valence-corrected chi connectivity index (χ2v) is 6.33. The Morgan fingerprint density at radius 2 is 2.04 bits per heavy atom. The summed E-state index contributed by atoms with van der Waals surface area (Å²) in [5.41, 5.74) is 0.177. The van der Waals surface area contributed by atoms with Crippen molar-refractivity contribution in [2.45, 2.75) is 38.6 Å². The summed E-state index contributed by atoms with van der Waals surface area (Å²) >= 11 is 0. The first-order valence-electron chi connectivity index (χ1n) is 8.68. The molecule has 4 nitrogen and oxygen atoms in total. The van der Waals surface area contributed by atoms with Crippen molar-refractivity contribution in [3.63, 3.8) is 0 Å². The number of hydrogen-bond acceptors (Lipinski definition) is 3. The Kier molecular flexibility index (Phi) is 5.44. The van der Waals surface area contributed by atoms with Crippen LogP contribution in [-0.4, -0.2) is 28.4 Å². The normalized spacial score (nSPS) is 17.2. The van der Waals surface area contributed by atoms with Gasteiger partial charge in [-0.2, -0.15) is 0 Å². The highest BCUT2D eigenvalue weighted by atomic mass is 19.2. The molecule has 0 saturated carbocycles. The third-order valence-electron chi connectivity index (χ3n) is 4.66. The van der Waals surface area contributed by atoms with Crippen molar-refractivity contribution in [3.05, 3.63) is 53.5 Å².